The van der Waals surface area contributed by atoms with Crippen LogP contribution < -0.4 is 5.32 Å². The molecule has 0 amide bonds. The Labute approximate surface area is 118 Å². The first-order valence-corrected chi connectivity index (χ1v) is 7.01. The number of nitrogens with zero attached hydrogens (tertiary/aromatic N) is 5. The van der Waals surface area contributed by atoms with E-state index in [1.165, 1.54) is 10.4 Å². The molecular formula is C14H20N6. The molecule has 1 aliphatic heterocycles. The quantitative estimate of drug-likeness (QED) is 0.886. The van der Waals surface area contributed by atoms with E-state index < -0.39 is 0 Å². The van der Waals surface area contributed by atoms with Gasteiger partial charge in [0.15, 0.2) is 5.82 Å². The van der Waals surface area contributed by atoms with Crippen LogP contribution in [0.2, 0.25) is 0 Å². The average Bonchev–Trinajstić information content (AvgIpc) is 2.89. The Morgan fingerprint density at radius 3 is 2.75 bits per heavy atom. The predicted octanol–water partition coefficient (Wildman–Crippen LogP) is 0.593. The van der Waals surface area contributed by atoms with Gasteiger partial charge in [0.25, 0.3) is 0 Å². The van der Waals surface area contributed by atoms with E-state index in [0.717, 1.165) is 25.5 Å². The van der Waals surface area contributed by atoms with Crippen LogP contribution in [0, 0.1) is 0 Å². The molecule has 1 fully saturated rings. The van der Waals surface area contributed by atoms with E-state index >= 15 is 0 Å². The first-order valence-electron chi connectivity index (χ1n) is 7.01. The molecule has 1 aliphatic rings. The maximum atomic E-state index is 4.43. The molecule has 0 bridgehead atoms. The van der Waals surface area contributed by atoms with Crippen LogP contribution in [0.15, 0.2) is 30.3 Å². The van der Waals surface area contributed by atoms with Crippen LogP contribution in [0.3, 0.4) is 0 Å². The van der Waals surface area contributed by atoms with E-state index in [0.29, 0.717) is 6.04 Å². The smallest absolute Gasteiger partial charge is 0.196 e. The molecule has 1 N–H and O–H groups in total. The second-order valence-corrected chi connectivity index (χ2v) is 5.24. The summed E-state index contributed by atoms with van der Waals surface area (Å²) in [5.74, 6) is 0.771. The molecule has 6 heteroatoms. The van der Waals surface area contributed by atoms with E-state index in [2.05, 4.69) is 56.8 Å². The molecule has 3 rings (SSSR count). The molecule has 0 radical (unpaired) electrons. The van der Waals surface area contributed by atoms with Crippen molar-refractivity contribution in [2.45, 2.75) is 19.0 Å². The number of piperazine rings is 1. The minimum atomic E-state index is 0.0713. The van der Waals surface area contributed by atoms with Crippen molar-refractivity contribution >= 4 is 0 Å². The maximum absolute atomic E-state index is 4.43. The van der Waals surface area contributed by atoms with Gasteiger partial charge in [-0.1, -0.05) is 30.3 Å². The molecule has 2 aromatic rings. The lowest BCUT2D eigenvalue weighted by Gasteiger charge is -2.38. The zero-order valence-corrected chi connectivity index (χ0v) is 11.9. The summed E-state index contributed by atoms with van der Waals surface area (Å²) in [6.45, 7) is 5.20. The van der Waals surface area contributed by atoms with Gasteiger partial charge in [-0.15, -0.1) is 10.2 Å². The van der Waals surface area contributed by atoms with Gasteiger partial charge >= 0.3 is 0 Å². The van der Waals surface area contributed by atoms with E-state index in [1.807, 2.05) is 6.07 Å². The van der Waals surface area contributed by atoms with E-state index in [1.54, 1.807) is 7.05 Å². The zero-order chi connectivity index (χ0) is 13.9. The molecule has 2 heterocycles. The maximum Gasteiger partial charge on any atom is 0.196 e. The van der Waals surface area contributed by atoms with Gasteiger partial charge < -0.3 is 5.32 Å². The van der Waals surface area contributed by atoms with Crippen LogP contribution in [0.5, 0.6) is 0 Å². The van der Waals surface area contributed by atoms with Crippen molar-refractivity contribution in [3.05, 3.63) is 41.7 Å². The van der Waals surface area contributed by atoms with Crippen LogP contribution in [-0.4, -0.2) is 50.8 Å². The lowest BCUT2D eigenvalue weighted by Crippen LogP contribution is -2.51. The Balaban J connectivity index is 1.99. The Bertz CT molecular complexity index is 552. The van der Waals surface area contributed by atoms with Gasteiger partial charge in [0.05, 0.1) is 13.1 Å². The molecule has 106 valence electrons. The van der Waals surface area contributed by atoms with Crippen molar-refractivity contribution < 1.29 is 0 Å². The number of hydrogen-bond acceptors (Lipinski definition) is 5. The fourth-order valence-corrected chi connectivity index (χ4v) is 2.77. The molecule has 2 atom stereocenters. The Morgan fingerprint density at radius 2 is 2.10 bits per heavy atom. The van der Waals surface area contributed by atoms with Gasteiger partial charge in [-0.2, -0.15) is 4.80 Å². The molecule has 6 nitrogen and oxygen atoms in total. The van der Waals surface area contributed by atoms with Crippen molar-refractivity contribution in [1.82, 2.24) is 30.4 Å². The molecule has 0 spiro atoms. The normalized spacial score (nSPS) is 21.8. The first kappa shape index (κ1) is 13.2. The molecule has 1 aromatic carbocycles. The Kier molecular flexibility index (Phi) is 3.75. The monoisotopic (exact) mass is 272 g/mol. The minimum absolute atomic E-state index is 0.0713. The van der Waals surface area contributed by atoms with Crippen molar-refractivity contribution in [2.24, 2.45) is 7.05 Å². The largest absolute Gasteiger partial charge is 0.314 e. The summed E-state index contributed by atoms with van der Waals surface area (Å²) in [5, 5.41) is 16.1. The van der Waals surface area contributed by atoms with Crippen LogP contribution in [-0.2, 0) is 7.05 Å². The van der Waals surface area contributed by atoms with Crippen molar-refractivity contribution in [2.75, 3.05) is 19.6 Å². The predicted molar refractivity (Wildman–Crippen MR) is 76.1 cm³/mol. The third kappa shape index (κ3) is 2.57. The topological polar surface area (TPSA) is 58.9 Å². The number of rotatable bonds is 3. The lowest BCUT2D eigenvalue weighted by atomic mass is 10.0. The summed E-state index contributed by atoms with van der Waals surface area (Å²) in [6.07, 6.45) is 0. The highest BCUT2D eigenvalue weighted by Crippen LogP contribution is 2.28. The number of aryl methyl sites for hydroxylation is 1. The highest BCUT2D eigenvalue weighted by Gasteiger charge is 2.31. The summed E-state index contributed by atoms with van der Waals surface area (Å²) in [4.78, 5) is 3.97. The summed E-state index contributed by atoms with van der Waals surface area (Å²) < 4.78 is 0. The van der Waals surface area contributed by atoms with Crippen LogP contribution in [0.25, 0.3) is 0 Å². The standard InChI is InChI=1S/C14H20N6/c1-11-10-15-8-9-20(11)13(12-6-4-3-5-7-12)14-16-18-19(2)17-14/h3-7,11,13,15H,8-10H2,1-2H3. The summed E-state index contributed by atoms with van der Waals surface area (Å²) in [7, 11) is 1.81. The summed E-state index contributed by atoms with van der Waals surface area (Å²) >= 11 is 0. The lowest BCUT2D eigenvalue weighted by molar-refractivity contribution is 0.132. The number of aromatic nitrogens is 4. The highest BCUT2D eigenvalue weighted by atomic mass is 15.6. The third-order valence-corrected chi connectivity index (χ3v) is 3.77. The molecule has 20 heavy (non-hydrogen) atoms. The van der Waals surface area contributed by atoms with Gasteiger partial charge in [0.1, 0.15) is 0 Å². The highest BCUT2D eigenvalue weighted by molar-refractivity contribution is 5.24. The zero-order valence-electron chi connectivity index (χ0n) is 11.9. The number of benzene rings is 1. The van der Waals surface area contributed by atoms with E-state index in [4.69, 9.17) is 0 Å². The van der Waals surface area contributed by atoms with Crippen LogP contribution >= 0.6 is 0 Å². The average molecular weight is 272 g/mol. The minimum Gasteiger partial charge on any atom is -0.314 e. The second-order valence-electron chi connectivity index (χ2n) is 5.24. The van der Waals surface area contributed by atoms with Gasteiger partial charge in [0, 0.05) is 25.7 Å². The fraction of sp³-hybridized carbons (Fsp3) is 0.500. The molecule has 0 aliphatic carbocycles. The van der Waals surface area contributed by atoms with Crippen molar-refractivity contribution in [3.63, 3.8) is 0 Å². The molecule has 1 saturated heterocycles. The van der Waals surface area contributed by atoms with Gasteiger partial charge in [-0.3, -0.25) is 4.90 Å². The van der Waals surface area contributed by atoms with E-state index in [9.17, 15) is 0 Å². The van der Waals surface area contributed by atoms with Gasteiger partial charge in [-0.25, -0.2) is 0 Å². The molecule has 0 saturated carbocycles. The van der Waals surface area contributed by atoms with Crippen LogP contribution in [0.1, 0.15) is 24.4 Å². The summed E-state index contributed by atoms with van der Waals surface area (Å²) in [5.41, 5.74) is 1.22. The Morgan fingerprint density at radius 1 is 1.30 bits per heavy atom. The van der Waals surface area contributed by atoms with Gasteiger partial charge in [0.2, 0.25) is 0 Å². The van der Waals surface area contributed by atoms with Crippen molar-refractivity contribution in [3.8, 4) is 0 Å². The van der Waals surface area contributed by atoms with Crippen LogP contribution in [0.4, 0.5) is 0 Å². The first-order chi connectivity index (χ1) is 9.75. The number of hydrogen-bond donors (Lipinski definition) is 1. The van der Waals surface area contributed by atoms with Crippen molar-refractivity contribution in [1.29, 1.82) is 0 Å². The number of nitrogens with one attached hydrogen (secondary N) is 1. The Hall–Kier alpha value is -1.79. The SMILES string of the molecule is CC1CNCCN1C(c1ccccc1)c1nnn(C)n1. The summed E-state index contributed by atoms with van der Waals surface area (Å²) in [6, 6.07) is 10.9. The third-order valence-electron chi connectivity index (χ3n) is 3.77. The molecule has 2 unspecified atom stereocenters. The molecule has 1 aromatic heterocycles. The number of tetrazole rings is 1. The fourth-order valence-electron chi connectivity index (χ4n) is 2.77. The van der Waals surface area contributed by atoms with E-state index in [-0.39, 0.29) is 6.04 Å². The van der Waals surface area contributed by atoms with Gasteiger partial charge in [-0.05, 0) is 17.7 Å². The second kappa shape index (κ2) is 5.68. The molecular weight excluding hydrogens is 252 g/mol.